The van der Waals surface area contributed by atoms with E-state index in [0.717, 1.165) is 37.6 Å². The summed E-state index contributed by atoms with van der Waals surface area (Å²) in [5.41, 5.74) is 1.97. The first-order valence-electron chi connectivity index (χ1n) is 9.70. The van der Waals surface area contributed by atoms with Crippen LogP contribution in [0.5, 0.6) is 0 Å². The number of nitrogens with zero attached hydrogens (tertiary/aromatic N) is 1. The van der Waals surface area contributed by atoms with Gasteiger partial charge in [0.15, 0.2) is 9.84 Å². The van der Waals surface area contributed by atoms with Crippen molar-refractivity contribution in [3.8, 4) is 0 Å². The molecule has 1 saturated heterocycles. The van der Waals surface area contributed by atoms with Gasteiger partial charge in [0.05, 0.1) is 10.5 Å². The van der Waals surface area contributed by atoms with Gasteiger partial charge in [0, 0.05) is 30.1 Å². The molecule has 1 N–H and O–H groups in total. The average molecular weight is 415 g/mol. The number of carbonyl (C=O) groups is 2. The maximum atomic E-state index is 12.8. The fraction of sp³-hybridized carbons (Fsp3) is 0.364. The van der Waals surface area contributed by atoms with E-state index < -0.39 is 15.7 Å². The first-order chi connectivity index (χ1) is 13.7. The van der Waals surface area contributed by atoms with Gasteiger partial charge >= 0.3 is 0 Å². The van der Waals surface area contributed by atoms with E-state index in [1.807, 2.05) is 11.8 Å². The molecule has 1 aliphatic rings. The molecule has 29 heavy (non-hydrogen) atoms. The van der Waals surface area contributed by atoms with Gasteiger partial charge in [-0.2, -0.15) is 0 Å². The largest absolute Gasteiger partial charge is 0.336 e. The number of rotatable bonds is 4. The summed E-state index contributed by atoms with van der Waals surface area (Å²) in [6.07, 6.45) is 4.25. The molecule has 1 fully saturated rings. The topological polar surface area (TPSA) is 83.6 Å². The summed E-state index contributed by atoms with van der Waals surface area (Å²) in [5.74, 6) is -0.501. The van der Waals surface area contributed by atoms with E-state index in [1.54, 1.807) is 30.3 Å². The molecule has 0 spiro atoms. The summed E-state index contributed by atoms with van der Waals surface area (Å²) in [4.78, 5) is 27.4. The smallest absolute Gasteiger partial charge is 0.256 e. The van der Waals surface area contributed by atoms with Gasteiger partial charge in [-0.1, -0.05) is 12.1 Å². The van der Waals surface area contributed by atoms with Gasteiger partial charge in [0.1, 0.15) is 0 Å². The average Bonchev–Trinajstić information content (AvgIpc) is 2.68. The van der Waals surface area contributed by atoms with Gasteiger partial charge in [-0.15, -0.1) is 0 Å². The molecule has 2 aromatic rings. The molecule has 0 radical (unpaired) electrons. The number of benzene rings is 2. The van der Waals surface area contributed by atoms with Gasteiger partial charge in [-0.3, -0.25) is 9.59 Å². The molecule has 2 aromatic carbocycles. The summed E-state index contributed by atoms with van der Waals surface area (Å²) < 4.78 is 23.9. The fourth-order valence-electron chi connectivity index (χ4n) is 3.67. The highest BCUT2D eigenvalue weighted by Gasteiger charge is 2.25. The summed E-state index contributed by atoms with van der Waals surface area (Å²) in [7, 11) is -3.53. The molecule has 6 nitrogen and oxygen atoms in total. The normalized spacial score (nSPS) is 17.1. The van der Waals surface area contributed by atoms with Gasteiger partial charge in [0.2, 0.25) is 0 Å². The van der Waals surface area contributed by atoms with Crippen LogP contribution in [0.15, 0.2) is 47.4 Å². The van der Waals surface area contributed by atoms with Crippen LogP contribution in [-0.2, 0) is 9.84 Å². The van der Waals surface area contributed by atoms with Crippen molar-refractivity contribution >= 4 is 27.3 Å². The van der Waals surface area contributed by atoms with Gasteiger partial charge in [-0.25, -0.2) is 8.42 Å². The lowest BCUT2D eigenvalue weighted by molar-refractivity contribution is 0.0635. The van der Waals surface area contributed by atoms with Crippen molar-refractivity contribution in [3.63, 3.8) is 0 Å². The van der Waals surface area contributed by atoms with E-state index in [4.69, 9.17) is 0 Å². The molecule has 0 saturated carbocycles. The van der Waals surface area contributed by atoms with E-state index in [-0.39, 0.29) is 22.4 Å². The van der Waals surface area contributed by atoms with Crippen molar-refractivity contribution in [2.24, 2.45) is 0 Å². The number of piperidine rings is 1. The highest BCUT2D eigenvalue weighted by molar-refractivity contribution is 7.90. The Labute approximate surface area is 171 Å². The summed E-state index contributed by atoms with van der Waals surface area (Å²) in [5, 5.41) is 2.77. The molecule has 2 amide bonds. The van der Waals surface area contributed by atoms with Crippen LogP contribution in [0.1, 0.15) is 52.5 Å². The molecule has 1 unspecified atom stereocenters. The number of hydrogen-bond donors (Lipinski definition) is 1. The zero-order valence-electron chi connectivity index (χ0n) is 16.9. The first-order valence-corrected chi connectivity index (χ1v) is 11.6. The van der Waals surface area contributed by atoms with Crippen molar-refractivity contribution in [3.05, 3.63) is 59.2 Å². The van der Waals surface area contributed by atoms with E-state index in [0.29, 0.717) is 11.3 Å². The zero-order valence-corrected chi connectivity index (χ0v) is 17.8. The zero-order chi connectivity index (χ0) is 21.2. The second-order valence-corrected chi connectivity index (χ2v) is 9.58. The lowest BCUT2D eigenvalue weighted by Gasteiger charge is -2.33. The van der Waals surface area contributed by atoms with Crippen molar-refractivity contribution < 1.29 is 18.0 Å². The SMILES string of the molecule is Cc1cc(C(=O)N2CCCCC2C)ccc1NC(=O)c1ccccc1S(C)(=O)=O. The number of hydrogen-bond acceptors (Lipinski definition) is 4. The fourth-order valence-corrected chi connectivity index (χ4v) is 4.56. The van der Waals surface area contributed by atoms with Gasteiger partial charge in [0.25, 0.3) is 11.8 Å². The minimum atomic E-state index is -3.53. The number of carbonyl (C=O) groups excluding carboxylic acids is 2. The second-order valence-electron chi connectivity index (χ2n) is 7.60. The quantitative estimate of drug-likeness (QED) is 0.827. The molecular formula is C22H26N2O4S. The van der Waals surface area contributed by atoms with E-state index in [1.165, 1.54) is 12.1 Å². The minimum absolute atomic E-state index is 0.000554. The molecular weight excluding hydrogens is 388 g/mol. The predicted octanol–water partition coefficient (Wildman–Crippen LogP) is 3.67. The minimum Gasteiger partial charge on any atom is -0.336 e. The molecule has 0 aliphatic carbocycles. The first kappa shape index (κ1) is 21.0. The van der Waals surface area contributed by atoms with Crippen LogP contribution in [0, 0.1) is 6.92 Å². The van der Waals surface area contributed by atoms with Crippen LogP contribution >= 0.6 is 0 Å². The predicted molar refractivity (Wildman–Crippen MR) is 113 cm³/mol. The Morgan fingerprint density at radius 3 is 2.48 bits per heavy atom. The second kappa shape index (κ2) is 8.37. The molecule has 1 heterocycles. The molecule has 1 atom stereocenters. The van der Waals surface area contributed by atoms with Gasteiger partial charge < -0.3 is 10.2 Å². The number of nitrogens with one attached hydrogen (secondary N) is 1. The Morgan fingerprint density at radius 2 is 1.83 bits per heavy atom. The van der Waals surface area contributed by atoms with Crippen LogP contribution in [-0.4, -0.2) is 44.0 Å². The maximum absolute atomic E-state index is 12.8. The molecule has 3 rings (SSSR count). The molecule has 0 aromatic heterocycles. The molecule has 154 valence electrons. The van der Waals surface area contributed by atoms with Crippen molar-refractivity contribution in [2.45, 2.75) is 44.0 Å². The highest BCUT2D eigenvalue weighted by Crippen LogP contribution is 2.23. The van der Waals surface area contributed by atoms with Crippen LogP contribution in [0.2, 0.25) is 0 Å². The summed E-state index contributed by atoms with van der Waals surface area (Å²) in [6.45, 7) is 4.64. The van der Waals surface area contributed by atoms with Crippen LogP contribution in [0.4, 0.5) is 5.69 Å². The Morgan fingerprint density at radius 1 is 1.10 bits per heavy atom. The lowest BCUT2D eigenvalue weighted by atomic mass is 10.0. The third-order valence-corrected chi connectivity index (χ3v) is 6.47. The molecule has 0 bridgehead atoms. The number of anilines is 1. The number of likely N-dealkylation sites (tertiary alicyclic amines) is 1. The number of sulfone groups is 1. The number of amides is 2. The lowest BCUT2D eigenvalue weighted by Crippen LogP contribution is -2.42. The third kappa shape index (κ3) is 4.67. The monoisotopic (exact) mass is 414 g/mol. The number of aryl methyl sites for hydroxylation is 1. The van der Waals surface area contributed by atoms with E-state index in [2.05, 4.69) is 12.2 Å². The standard InChI is InChI=1S/C22H26N2O4S/c1-15-14-17(22(26)24-13-7-6-8-16(24)2)11-12-19(15)23-21(25)18-9-4-5-10-20(18)29(3,27)28/h4-5,9-12,14,16H,6-8,13H2,1-3H3,(H,23,25). The van der Waals surface area contributed by atoms with E-state index in [9.17, 15) is 18.0 Å². The maximum Gasteiger partial charge on any atom is 0.256 e. The van der Waals surface area contributed by atoms with Crippen LogP contribution in [0.3, 0.4) is 0 Å². The summed E-state index contributed by atoms with van der Waals surface area (Å²) in [6, 6.07) is 11.5. The van der Waals surface area contributed by atoms with Crippen molar-refractivity contribution in [2.75, 3.05) is 18.1 Å². The summed E-state index contributed by atoms with van der Waals surface area (Å²) >= 11 is 0. The van der Waals surface area contributed by atoms with Crippen molar-refractivity contribution in [1.82, 2.24) is 4.90 Å². The third-order valence-electron chi connectivity index (χ3n) is 5.32. The van der Waals surface area contributed by atoms with Crippen LogP contribution in [0.25, 0.3) is 0 Å². The van der Waals surface area contributed by atoms with Gasteiger partial charge in [-0.05, 0) is 69.0 Å². The van der Waals surface area contributed by atoms with E-state index >= 15 is 0 Å². The van der Waals surface area contributed by atoms with Crippen LogP contribution < -0.4 is 5.32 Å². The molecule has 7 heteroatoms. The Balaban J connectivity index is 1.81. The van der Waals surface area contributed by atoms with Crippen molar-refractivity contribution in [1.29, 1.82) is 0 Å². The Kier molecular flexibility index (Phi) is 6.07. The molecule has 1 aliphatic heterocycles. The Hall–Kier alpha value is -2.67. The highest BCUT2D eigenvalue weighted by atomic mass is 32.2. The Bertz CT molecular complexity index is 1050.